The predicted molar refractivity (Wildman–Crippen MR) is 125 cm³/mol. The monoisotopic (exact) mass is 423 g/mol. The average Bonchev–Trinajstić information content (AvgIpc) is 3.49. The molecule has 1 N–H and O–H groups in total. The molecule has 4 aromatic rings. The molecule has 1 saturated heterocycles. The van der Waals surface area contributed by atoms with Crippen molar-refractivity contribution in [2.24, 2.45) is 5.92 Å². The number of fused-ring (bicyclic) bond motifs is 1. The topological polar surface area (TPSA) is 63.1 Å². The molecule has 3 heterocycles. The first-order chi connectivity index (χ1) is 15.8. The molecule has 2 aliphatic rings. The van der Waals surface area contributed by atoms with E-state index in [1.165, 1.54) is 5.56 Å². The second-order valence-corrected chi connectivity index (χ2v) is 8.73. The molecule has 6 rings (SSSR count). The van der Waals surface area contributed by atoms with Crippen LogP contribution in [0.1, 0.15) is 30.9 Å². The molecular formula is C26H25N5O. The summed E-state index contributed by atoms with van der Waals surface area (Å²) in [7, 11) is 0. The van der Waals surface area contributed by atoms with Crippen molar-refractivity contribution in [2.45, 2.75) is 31.3 Å². The van der Waals surface area contributed by atoms with E-state index in [9.17, 15) is 4.79 Å². The number of rotatable bonds is 5. The normalized spacial score (nSPS) is 20.6. The molecule has 1 aliphatic carbocycles. The van der Waals surface area contributed by atoms with Gasteiger partial charge in [-0.05, 0) is 55.2 Å². The van der Waals surface area contributed by atoms with Crippen molar-refractivity contribution in [3.05, 3.63) is 84.8 Å². The van der Waals surface area contributed by atoms with Crippen molar-refractivity contribution >= 4 is 22.5 Å². The zero-order valence-corrected chi connectivity index (χ0v) is 17.8. The molecule has 1 aliphatic heterocycles. The van der Waals surface area contributed by atoms with Gasteiger partial charge in [0.2, 0.25) is 5.91 Å². The fourth-order valence-corrected chi connectivity index (χ4v) is 4.83. The minimum Gasteiger partial charge on any atom is -0.362 e. The number of carbonyl (C=O) groups is 1. The van der Waals surface area contributed by atoms with Crippen LogP contribution >= 0.6 is 0 Å². The van der Waals surface area contributed by atoms with E-state index in [1.54, 1.807) is 12.4 Å². The number of hydrogen-bond acceptors (Lipinski definition) is 4. The van der Waals surface area contributed by atoms with Gasteiger partial charge in [0, 0.05) is 35.9 Å². The summed E-state index contributed by atoms with van der Waals surface area (Å²) in [5.41, 5.74) is 4.45. The SMILES string of the molecule is O=C(NC1CCN(c2ccc3c(cnn3-c3ccncc3)c2)C1c1ccccc1)C1CC1. The maximum absolute atomic E-state index is 12.5. The maximum atomic E-state index is 12.5. The van der Waals surface area contributed by atoms with Crippen LogP contribution in [0.4, 0.5) is 5.69 Å². The van der Waals surface area contributed by atoms with Gasteiger partial charge in [-0.3, -0.25) is 9.78 Å². The zero-order chi connectivity index (χ0) is 21.5. The molecule has 2 fully saturated rings. The van der Waals surface area contributed by atoms with Gasteiger partial charge in [0.1, 0.15) is 0 Å². The highest BCUT2D eigenvalue weighted by molar-refractivity contribution is 5.84. The van der Waals surface area contributed by atoms with E-state index in [4.69, 9.17) is 0 Å². The molecule has 0 radical (unpaired) electrons. The van der Waals surface area contributed by atoms with E-state index in [2.05, 4.69) is 62.8 Å². The van der Waals surface area contributed by atoms with Crippen molar-refractivity contribution in [1.29, 1.82) is 0 Å². The number of amides is 1. The van der Waals surface area contributed by atoms with E-state index < -0.39 is 0 Å². The second kappa shape index (κ2) is 7.79. The summed E-state index contributed by atoms with van der Waals surface area (Å²) in [6, 6.07) is 21.2. The fourth-order valence-electron chi connectivity index (χ4n) is 4.83. The minimum atomic E-state index is 0.112. The molecule has 2 unspecified atom stereocenters. The quantitative estimate of drug-likeness (QED) is 0.521. The summed E-state index contributed by atoms with van der Waals surface area (Å²) in [5, 5.41) is 9.05. The molecule has 160 valence electrons. The smallest absolute Gasteiger partial charge is 0.223 e. The van der Waals surface area contributed by atoms with Gasteiger partial charge < -0.3 is 10.2 Å². The van der Waals surface area contributed by atoms with E-state index >= 15 is 0 Å². The summed E-state index contributed by atoms with van der Waals surface area (Å²) in [6.45, 7) is 0.902. The van der Waals surface area contributed by atoms with Gasteiger partial charge in [-0.2, -0.15) is 5.10 Å². The van der Waals surface area contributed by atoms with Gasteiger partial charge in [-0.1, -0.05) is 30.3 Å². The third-order valence-electron chi connectivity index (χ3n) is 6.61. The van der Waals surface area contributed by atoms with Gasteiger partial charge in [0.25, 0.3) is 0 Å². The maximum Gasteiger partial charge on any atom is 0.223 e. The molecule has 1 amide bonds. The van der Waals surface area contributed by atoms with Crippen molar-refractivity contribution in [3.8, 4) is 5.69 Å². The Bertz CT molecular complexity index is 1250. The molecule has 1 saturated carbocycles. The van der Waals surface area contributed by atoms with E-state index in [0.717, 1.165) is 48.1 Å². The second-order valence-electron chi connectivity index (χ2n) is 8.73. The Kier molecular flexibility index (Phi) is 4.63. The van der Waals surface area contributed by atoms with Crippen LogP contribution in [0.2, 0.25) is 0 Å². The first kappa shape index (κ1) is 19.0. The van der Waals surface area contributed by atoms with Gasteiger partial charge in [0.05, 0.1) is 29.5 Å². The lowest BCUT2D eigenvalue weighted by atomic mass is 9.99. The largest absolute Gasteiger partial charge is 0.362 e. The molecule has 0 bridgehead atoms. The number of nitrogens with one attached hydrogen (secondary N) is 1. The number of nitrogens with zero attached hydrogens (tertiary/aromatic N) is 4. The number of benzene rings is 2. The first-order valence-corrected chi connectivity index (χ1v) is 11.3. The van der Waals surface area contributed by atoms with Crippen LogP contribution < -0.4 is 10.2 Å². The molecule has 2 aromatic carbocycles. The number of anilines is 1. The summed E-state index contributed by atoms with van der Waals surface area (Å²) in [4.78, 5) is 19.1. The summed E-state index contributed by atoms with van der Waals surface area (Å²) in [6.07, 6.45) is 8.46. The van der Waals surface area contributed by atoms with Gasteiger partial charge in [-0.25, -0.2) is 4.68 Å². The van der Waals surface area contributed by atoms with Crippen molar-refractivity contribution in [3.63, 3.8) is 0 Å². The standard InChI is InChI=1S/C26H25N5O/c32-26(19-6-7-19)29-23-12-15-30(25(23)18-4-2-1-3-5-18)22-8-9-24-20(16-22)17-28-31(24)21-10-13-27-14-11-21/h1-5,8-11,13-14,16-17,19,23,25H,6-7,12,15H2,(H,29,32). The number of hydrogen-bond donors (Lipinski definition) is 1. The van der Waals surface area contributed by atoms with Crippen molar-refractivity contribution in [1.82, 2.24) is 20.1 Å². The molecular weight excluding hydrogens is 398 g/mol. The molecule has 6 nitrogen and oxygen atoms in total. The number of pyridine rings is 1. The van der Waals surface area contributed by atoms with Crippen LogP contribution in [0.5, 0.6) is 0 Å². The summed E-state index contributed by atoms with van der Waals surface area (Å²) < 4.78 is 1.94. The predicted octanol–water partition coefficient (Wildman–Crippen LogP) is 4.27. The van der Waals surface area contributed by atoms with Crippen LogP contribution in [-0.2, 0) is 4.79 Å². The van der Waals surface area contributed by atoms with Crippen LogP contribution in [0.25, 0.3) is 16.6 Å². The number of aromatic nitrogens is 3. The van der Waals surface area contributed by atoms with Crippen LogP contribution in [-0.4, -0.2) is 33.3 Å². The highest BCUT2D eigenvalue weighted by Gasteiger charge is 2.39. The van der Waals surface area contributed by atoms with Gasteiger partial charge in [0.15, 0.2) is 0 Å². The van der Waals surface area contributed by atoms with E-state index in [0.29, 0.717) is 0 Å². The Hall–Kier alpha value is -3.67. The fraction of sp³-hybridized carbons (Fsp3) is 0.269. The van der Waals surface area contributed by atoms with Crippen molar-refractivity contribution in [2.75, 3.05) is 11.4 Å². The molecule has 32 heavy (non-hydrogen) atoms. The Morgan fingerprint density at radius 1 is 0.938 bits per heavy atom. The Labute approximate surface area is 186 Å². The Morgan fingerprint density at radius 3 is 2.53 bits per heavy atom. The van der Waals surface area contributed by atoms with Gasteiger partial charge in [-0.15, -0.1) is 0 Å². The Morgan fingerprint density at radius 2 is 1.75 bits per heavy atom. The van der Waals surface area contributed by atoms with E-state index in [-0.39, 0.29) is 23.9 Å². The molecule has 0 spiro atoms. The Balaban J connectivity index is 1.35. The van der Waals surface area contributed by atoms with E-state index in [1.807, 2.05) is 29.1 Å². The lowest BCUT2D eigenvalue weighted by Crippen LogP contribution is -2.40. The van der Waals surface area contributed by atoms with Crippen LogP contribution in [0, 0.1) is 5.92 Å². The third-order valence-corrected chi connectivity index (χ3v) is 6.61. The molecule has 6 heteroatoms. The van der Waals surface area contributed by atoms with Crippen LogP contribution in [0.15, 0.2) is 79.3 Å². The first-order valence-electron chi connectivity index (χ1n) is 11.3. The van der Waals surface area contributed by atoms with Crippen LogP contribution in [0.3, 0.4) is 0 Å². The highest BCUT2D eigenvalue weighted by atomic mass is 16.2. The average molecular weight is 424 g/mol. The molecule has 2 aromatic heterocycles. The summed E-state index contributed by atoms with van der Waals surface area (Å²) >= 11 is 0. The molecule has 2 atom stereocenters. The zero-order valence-electron chi connectivity index (χ0n) is 17.8. The highest BCUT2D eigenvalue weighted by Crippen LogP contribution is 2.38. The lowest BCUT2D eigenvalue weighted by Gasteiger charge is -2.31. The van der Waals surface area contributed by atoms with Crippen molar-refractivity contribution < 1.29 is 4.79 Å². The number of carbonyl (C=O) groups excluding carboxylic acids is 1. The minimum absolute atomic E-state index is 0.112. The third kappa shape index (κ3) is 3.42. The van der Waals surface area contributed by atoms with Gasteiger partial charge >= 0.3 is 0 Å². The lowest BCUT2D eigenvalue weighted by molar-refractivity contribution is -0.123. The summed E-state index contributed by atoms with van der Waals surface area (Å²) in [5.74, 6) is 0.433.